The molecule has 0 N–H and O–H groups in total. The van der Waals surface area contributed by atoms with Gasteiger partial charge in [0.2, 0.25) is 14.2 Å². The Morgan fingerprint density at radius 2 is 1.65 bits per heavy atom. The molecule has 0 aliphatic carbocycles. The van der Waals surface area contributed by atoms with Crippen molar-refractivity contribution in [3.63, 3.8) is 0 Å². The Hall–Kier alpha value is -2.52. The Balaban J connectivity index is 1.54. The third kappa shape index (κ3) is 4.99. The molecule has 9 heteroatoms. The van der Waals surface area contributed by atoms with E-state index < -0.39 is 15.7 Å². The van der Waals surface area contributed by atoms with Gasteiger partial charge in [-0.3, -0.25) is 0 Å². The number of halogens is 1. The Kier molecular flexibility index (Phi) is 5.79. The highest BCUT2D eigenvalue weighted by Gasteiger charge is 2.21. The van der Waals surface area contributed by atoms with Crippen LogP contribution >= 0.6 is 11.5 Å². The minimum atomic E-state index is -3.67. The van der Waals surface area contributed by atoms with E-state index in [4.69, 9.17) is 9.47 Å². The molecule has 26 heavy (non-hydrogen) atoms. The molecule has 0 fully saturated rings. The molecule has 2 aromatic carbocycles. The first kappa shape index (κ1) is 18.3. The first-order valence-corrected chi connectivity index (χ1v) is 10.1. The van der Waals surface area contributed by atoms with E-state index in [-0.39, 0.29) is 29.3 Å². The summed E-state index contributed by atoms with van der Waals surface area (Å²) in [5.74, 6) is 0.0133. The largest absolute Gasteiger partial charge is 0.490 e. The molecule has 0 spiro atoms. The molecule has 0 radical (unpaired) electrons. The van der Waals surface area contributed by atoms with E-state index in [1.54, 1.807) is 0 Å². The summed E-state index contributed by atoms with van der Waals surface area (Å²) in [6.07, 6.45) is 0. The maximum Gasteiger partial charge on any atom is 0.329 e. The Labute approximate surface area is 154 Å². The van der Waals surface area contributed by atoms with Crippen molar-refractivity contribution < 1.29 is 22.3 Å². The Morgan fingerprint density at radius 1 is 0.962 bits per heavy atom. The molecule has 3 aromatic rings. The molecule has 0 amide bonds. The Morgan fingerprint density at radius 3 is 2.38 bits per heavy atom. The van der Waals surface area contributed by atoms with Crippen LogP contribution in [0.5, 0.6) is 11.8 Å². The van der Waals surface area contributed by atoms with Gasteiger partial charge in [0.15, 0.2) is 0 Å². The van der Waals surface area contributed by atoms with Crippen molar-refractivity contribution in [2.24, 2.45) is 0 Å². The maximum absolute atomic E-state index is 12.9. The van der Waals surface area contributed by atoms with Gasteiger partial charge in [0.25, 0.3) is 0 Å². The number of nitrogens with zero attached hydrogens (tertiary/aromatic N) is 2. The van der Waals surface area contributed by atoms with Gasteiger partial charge in [-0.25, -0.2) is 12.8 Å². The lowest BCUT2D eigenvalue weighted by Crippen LogP contribution is -2.10. The van der Waals surface area contributed by atoms with Gasteiger partial charge < -0.3 is 9.47 Å². The molecule has 0 bridgehead atoms. The van der Waals surface area contributed by atoms with Crippen molar-refractivity contribution in [2.45, 2.75) is 10.1 Å². The summed E-state index contributed by atoms with van der Waals surface area (Å²) in [4.78, 5) is 3.91. The SMILES string of the molecule is O=S(=O)(Cc1ccc(F)cc1)c1nc(OCCOc2ccccc2)ns1. The molecular weight excluding hydrogens is 379 g/mol. The van der Waals surface area contributed by atoms with E-state index in [0.29, 0.717) is 11.3 Å². The van der Waals surface area contributed by atoms with Gasteiger partial charge in [0.05, 0.1) is 5.75 Å². The van der Waals surface area contributed by atoms with Gasteiger partial charge in [-0.05, 0) is 29.8 Å². The minimum Gasteiger partial charge on any atom is -0.490 e. The zero-order chi connectivity index (χ0) is 18.4. The van der Waals surface area contributed by atoms with Crippen LogP contribution in [0.15, 0.2) is 58.9 Å². The normalized spacial score (nSPS) is 11.3. The molecule has 1 heterocycles. The van der Waals surface area contributed by atoms with Crippen LogP contribution in [-0.2, 0) is 15.6 Å². The number of rotatable bonds is 8. The third-order valence-electron chi connectivity index (χ3n) is 3.25. The van der Waals surface area contributed by atoms with E-state index in [1.807, 2.05) is 30.3 Å². The third-order valence-corrected chi connectivity index (χ3v) is 6.07. The summed E-state index contributed by atoms with van der Waals surface area (Å²) < 4.78 is 52.1. The monoisotopic (exact) mass is 394 g/mol. The first-order chi connectivity index (χ1) is 12.5. The molecule has 0 saturated carbocycles. The molecule has 0 unspecified atom stereocenters. The van der Waals surface area contributed by atoms with Crippen molar-refractivity contribution >= 4 is 21.4 Å². The molecule has 0 aliphatic rings. The summed E-state index contributed by atoms with van der Waals surface area (Å²) in [5.41, 5.74) is 0.473. The number of benzene rings is 2. The smallest absolute Gasteiger partial charge is 0.329 e. The van der Waals surface area contributed by atoms with Crippen LogP contribution < -0.4 is 9.47 Å². The fourth-order valence-corrected chi connectivity index (χ4v) is 4.14. The molecule has 3 rings (SSSR count). The predicted octanol–water partition coefficient (Wildman–Crippen LogP) is 3.11. The number of sulfone groups is 1. The lowest BCUT2D eigenvalue weighted by atomic mass is 10.2. The zero-order valence-corrected chi connectivity index (χ0v) is 15.2. The van der Waals surface area contributed by atoms with Gasteiger partial charge in [-0.1, -0.05) is 30.3 Å². The van der Waals surface area contributed by atoms with Crippen molar-refractivity contribution in [3.8, 4) is 11.8 Å². The summed E-state index contributed by atoms with van der Waals surface area (Å²) in [5, 5.41) is 0. The van der Waals surface area contributed by atoms with E-state index in [0.717, 1.165) is 11.5 Å². The second kappa shape index (κ2) is 8.24. The highest BCUT2D eigenvalue weighted by Crippen LogP contribution is 2.21. The standard InChI is InChI=1S/C17H15FN2O4S2/c18-14-8-6-13(7-9-14)12-26(21,22)17-19-16(20-25-17)24-11-10-23-15-4-2-1-3-5-15/h1-9H,10-12H2. The quantitative estimate of drug-likeness (QED) is 0.546. The van der Waals surface area contributed by atoms with E-state index in [1.165, 1.54) is 24.3 Å². The van der Waals surface area contributed by atoms with Crippen LogP contribution in [-0.4, -0.2) is 31.0 Å². The fraction of sp³-hybridized carbons (Fsp3) is 0.176. The lowest BCUT2D eigenvalue weighted by molar-refractivity contribution is 0.207. The lowest BCUT2D eigenvalue weighted by Gasteiger charge is -2.05. The maximum atomic E-state index is 12.9. The van der Waals surface area contributed by atoms with Crippen molar-refractivity contribution in [1.82, 2.24) is 9.36 Å². The predicted molar refractivity (Wildman–Crippen MR) is 94.6 cm³/mol. The highest BCUT2D eigenvalue weighted by atomic mass is 32.2. The highest BCUT2D eigenvalue weighted by molar-refractivity contribution is 7.92. The number of aromatic nitrogens is 2. The molecule has 0 aliphatic heterocycles. The second-order valence-corrected chi connectivity index (χ2v) is 8.15. The molecule has 136 valence electrons. The fourth-order valence-electron chi connectivity index (χ4n) is 2.05. The van der Waals surface area contributed by atoms with Crippen LogP contribution in [0.3, 0.4) is 0 Å². The zero-order valence-electron chi connectivity index (χ0n) is 13.5. The molecule has 0 atom stereocenters. The summed E-state index contributed by atoms with van der Waals surface area (Å²) in [6.45, 7) is 0.462. The van der Waals surface area contributed by atoms with Gasteiger partial charge in [0, 0.05) is 11.5 Å². The number of ether oxygens (including phenoxy) is 2. The van der Waals surface area contributed by atoms with Gasteiger partial charge in [-0.2, -0.15) is 4.98 Å². The first-order valence-electron chi connectivity index (χ1n) is 7.64. The van der Waals surface area contributed by atoms with Gasteiger partial charge in [-0.15, -0.1) is 4.37 Å². The van der Waals surface area contributed by atoms with Gasteiger partial charge in [0.1, 0.15) is 24.8 Å². The summed E-state index contributed by atoms with van der Waals surface area (Å²) in [7, 11) is -3.67. The Bertz CT molecular complexity index is 944. The van der Waals surface area contributed by atoms with E-state index in [2.05, 4.69) is 9.36 Å². The van der Waals surface area contributed by atoms with Crippen LogP contribution in [0, 0.1) is 5.82 Å². The van der Waals surface area contributed by atoms with Crippen LogP contribution in [0.2, 0.25) is 0 Å². The molecular formula is C17H15FN2O4S2. The average molecular weight is 394 g/mol. The minimum absolute atomic E-state index is 0.00987. The van der Waals surface area contributed by atoms with Crippen LogP contribution in [0.4, 0.5) is 4.39 Å². The van der Waals surface area contributed by atoms with Crippen molar-refractivity contribution in [3.05, 3.63) is 66.0 Å². The number of hydrogen-bond donors (Lipinski definition) is 0. The number of hydrogen-bond acceptors (Lipinski definition) is 7. The van der Waals surface area contributed by atoms with Crippen molar-refractivity contribution in [2.75, 3.05) is 13.2 Å². The van der Waals surface area contributed by atoms with E-state index in [9.17, 15) is 12.8 Å². The summed E-state index contributed by atoms with van der Waals surface area (Å²) >= 11 is 0.744. The molecule has 0 saturated heterocycles. The van der Waals surface area contributed by atoms with E-state index >= 15 is 0 Å². The van der Waals surface area contributed by atoms with Gasteiger partial charge >= 0.3 is 6.01 Å². The molecule has 1 aromatic heterocycles. The average Bonchev–Trinajstić information content (AvgIpc) is 3.11. The van der Waals surface area contributed by atoms with Crippen LogP contribution in [0.1, 0.15) is 5.56 Å². The van der Waals surface area contributed by atoms with Crippen molar-refractivity contribution in [1.29, 1.82) is 0 Å². The number of para-hydroxylation sites is 1. The second-order valence-electron chi connectivity index (χ2n) is 5.24. The summed E-state index contributed by atoms with van der Waals surface area (Å²) in [6, 6.07) is 14.5. The topological polar surface area (TPSA) is 78.4 Å². The molecule has 6 nitrogen and oxygen atoms in total. The van der Waals surface area contributed by atoms with Crippen LogP contribution in [0.25, 0.3) is 0 Å².